The summed E-state index contributed by atoms with van der Waals surface area (Å²) in [7, 11) is 1.37. The molecule has 0 saturated heterocycles. The Balaban J connectivity index is 1.47. The molecule has 4 atom stereocenters. The van der Waals surface area contributed by atoms with Gasteiger partial charge in [0.2, 0.25) is 19.7 Å². The van der Waals surface area contributed by atoms with Gasteiger partial charge in [0.1, 0.15) is 25.2 Å². The summed E-state index contributed by atoms with van der Waals surface area (Å²) in [6.45, 7) is 1.43. The highest BCUT2D eigenvalue weighted by atomic mass is 16.5. The normalized spacial score (nSPS) is 15.6. The number of nitrogens with one attached hydrogen (secondary N) is 4. The maximum Gasteiger partial charge on any atom is 0.325 e. The van der Waals surface area contributed by atoms with Gasteiger partial charge in [0.05, 0.1) is 6.04 Å². The molecule has 3 aromatic carbocycles. The highest BCUT2D eigenvalue weighted by Gasteiger charge is 2.35. The van der Waals surface area contributed by atoms with Crippen LogP contribution in [0.3, 0.4) is 0 Å². The van der Waals surface area contributed by atoms with Crippen molar-refractivity contribution >= 4 is 48.1 Å². The molecule has 11 nitrogen and oxygen atoms in total. The first kappa shape index (κ1) is 37.1. The summed E-state index contributed by atoms with van der Waals surface area (Å²) in [6, 6.07) is 19.8. The van der Waals surface area contributed by atoms with Crippen molar-refractivity contribution in [1.82, 2.24) is 21.3 Å². The van der Waals surface area contributed by atoms with Crippen molar-refractivity contribution in [2.24, 2.45) is 5.92 Å². The average Bonchev–Trinajstić information content (AvgIpc) is 3.11. The van der Waals surface area contributed by atoms with Crippen molar-refractivity contribution in [3.8, 4) is 0 Å². The molecule has 1 aliphatic carbocycles. The largest absolute Gasteiger partial charge is 0.460 e. The third-order valence-electron chi connectivity index (χ3n) is 8.88. The van der Waals surface area contributed by atoms with Crippen LogP contribution in [0, 0.1) is 5.92 Å². The second-order valence-electron chi connectivity index (χ2n) is 12.7. The Hall–Kier alpha value is -4.71. The van der Waals surface area contributed by atoms with Crippen LogP contribution < -0.4 is 21.3 Å². The fourth-order valence-corrected chi connectivity index (χ4v) is 6.30. The van der Waals surface area contributed by atoms with Crippen LogP contribution in [0.2, 0.25) is 0 Å². The lowest BCUT2D eigenvalue weighted by Crippen LogP contribution is -2.59. The van der Waals surface area contributed by atoms with Crippen LogP contribution in [-0.2, 0) is 36.9 Å². The highest BCUT2D eigenvalue weighted by Crippen LogP contribution is 2.27. The Labute approximate surface area is 288 Å². The molecule has 12 heteroatoms. The molecule has 1 fully saturated rings. The molecule has 1 aliphatic rings. The van der Waals surface area contributed by atoms with Crippen molar-refractivity contribution in [2.45, 2.75) is 89.1 Å². The maximum absolute atomic E-state index is 13.9. The lowest BCUT2D eigenvalue weighted by molar-refractivity contribution is -0.146. The van der Waals surface area contributed by atoms with Crippen molar-refractivity contribution in [3.63, 3.8) is 0 Å². The van der Waals surface area contributed by atoms with Gasteiger partial charge in [-0.25, -0.2) is 0 Å². The molecule has 0 spiro atoms. The predicted octanol–water partition coefficient (Wildman–Crippen LogP) is 2.66. The zero-order valence-electron chi connectivity index (χ0n) is 28.3. The topological polar surface area (TPSA) is 163 Å². The Bertz CT molecular complexity index is 1580. The number of aliphatic hydroxyl groups excluding tert-OH is 1. The Morgan fingerprint density at radius 3 is 2.20 bits per heavy atom. The minimum atomic E-state index is -1.67. The minimum Gasteiger partial charge on any atom is -0.460 e. The molecule has 5 N–H and O–H groups in total. The number of hydrogen-bond donors (Lipinski definition) is 5. The molecule has 0 aliphatic heterocycles. The highest BCUT2D eigenvalue weighted by molar-refractivity contribution is 6.57. The van der Waals surface area contributed by atoms with Crippen LogP contribution in [0.4, 0.5) is 4.79 Å². The van der Waals surface area contributed by atoms with Gasteiger partial charge in [0.25, 0.3) is 5.91 Å². The summed E-state index contributed by atoms with van der Waals surface area (Å²) < 4.78 is 5.20. The molecule has 4 rings (SSSR count). The van der Waals surface area contributed by atoms with Crippen LogP contribution in [-0.4, -0.2) is 73.2 Å². The number of carbonyl (C=O) groups excluding carboxylic acids is 5. The number of esters is 1. The summed E-state index contributed by atoms with van der Waals surface area (Å²) in [4.78, 5) is 65.0. The number of rotatable bonds is 16. The van der Waals surface area contributed by atoms with Crippen molar-refractivity contribution in [2.75, 3.05) is 6.54 Å². The average molecular weight is 671 g/mol. The number of carbonyl (C=O) groups is 5. The monoisotopic (exact) mass is 670 g/mol. The summed E-state index contributed by atoms with van der Waals surface area (Å²) in [5.41, 5.74) is 1.59. The molecular formula is C37H47BN4O7. The van der Waals surface area contributed by atoms with Crippen LogP contribution in [0.25, 0.3) is 10.8 Å². The molecule has 260 valence electrons. The molecule has 3 aromatic rings. The quantitative estimate of drug-likeness (QED) is 0.116. The molecule has 0 radical (unpaired) electrons. The van der Waals surface area contributed by atoms with Gasteiger partial charge in [-0.1, -0.05) is 105 Å². The lowest BCUT2D eigenvalue weighted by Gasteiger charge is -2.32. The van der Waals surface area contributed by atoms with Gasteiger partial charge < -0.3 is 31.1 Å². The Kier molecular flexibility index (Phi) is 14.2. The number of ether oxygens (including phenoxy) is 1. The Morgan fingerprint density at radius 1 is 0.816 bits per heavy atom. The molecule has 1 saturated carbocycles. The first-order chi connectivity index (χ1) is 23.6. The number of benzene rings is 3. The SMILES string of the molecule is BC(=O)N[C@H](C(=O)N[C@@H](Cc1ccc2ccccc2c1)C(=O)NC(CCC)C(O)C(=O)NCC(=O)OCc1ccccc1)C1CCCCC1. The number of aliphatic hydroxyl groups is 1. The van der Waals surface area contributed by atoms with Gasteiger partial charge in [-0.3, -0.25) is 24.0 Å². The van der Waals surface area contributed by atoms with Gasteiger partial charge in [-0.15, -0.1) is 0 Å². The van der Waals surface area contributed by atoms with Crippen molar-refractivity contribution < 1.29 is 33.8 Å². The van der Waals surface area contributed by atoms with E-state index in [1.54, 1.807) is 12.1 Å². The summed E-state index contributed by atoms with van der Waals surface area (Å²) in [6.07, 6.45) is 3.82. The van der Waals surface area contributed by atoms with Gasteiger partial charge in [0, 0.05) is 6.42 Å². The van der Waals surface area contributed by atoms with Crippen LogP contribution in [0.5, 0.6) is 0 Å². The molecule has 2 unspecified atom stereocenters. The van der Waals surface area contributed by atoms with Gasteiger partial charge in [-0.05, 0) is 47.1 Å². The first-order valence-corrected chi connectivity index (χ1v) is 17.2. The van der Waals surface area contributed by atoms with Crippen LogP contribution >= 0.6 is 0 Å². The zero-order chi connectivity index (χ0) is 35.2. The predicted molar refractivity (Wildman–Crippen MR) is 189 cm³/mol. The first-order valence-electron chi connectivity index (χ1n) is 17.2. The molecule has 4 amide bonds. The number of fused-ring (bicyclic) bond motifs is 1. The molecule has 49 heavy (non-hydrogen) atoms. The third kappa shape index (κ3) is 11.5. The van der Waals surface area contributed by atoms with Crippen LogP contribution in [0.1, 0.15) is 63.0 Å². The van der Waals surface area contributed by atoms with Gasteiger partial charge in [0.15, 0.2) is 11.9 Å². The summed E-state index contributed by atoms with van der Waals surface area (Å²) in [5, 5.41) is 23.9. The molecule has 0 bridgehead atoms. The van der Waals surface area contributed by atoms with E-state index < -0.39 is 54.5 Å². The van der Waals surface area contributed by atoms with E-state index in [1.165, 1.54) is 7.85 Å². The number of hydrogen-bond acceptors (Lipinski definition) is 7. The van der Waals surface area contributed by atoms with E-state index in [0.29, 0.717) is 6.42 Å². The second-order valence-corrected chi connectivity index (χ2v) is 12.7. The molecule has 0 heterocycles. The van der Waals surface area contributed by atoms with Crippen LogP contribution in [0.15, 0.2) is 72.8 Å². The van der Waals surface area contributed by atoms with E-state index in [4.69, 9.17) is 4.74 Å². The van der Waals surface area contributed by atoms with Crippen molar-refractivity contribution in [1.29, 1.82) is 0 Å². The minimum absolute atomic E-state index is 0.0421. The van der Waals surface area contributed by atoms with Gasteiger partial charge >= 0.3 is 5.97 Å². The van der Waals surface area contributed by atoms with E-state index in [9.17, 15) is 29.1 Å². The smallest absolute Gasteiger partial charge is 0.325 e. The Morgan fingerprint density at radius 2 is 1.51 bits per heavy atom. The molecule has 0 aromatic heterocycles. The standard InChI is InChI=1S/C37H47BN4O7/c1-2-11-29(33(44)36(47)39-22-31(43)49-23-24-12-5-3-6-13-24)40-34(45)30(21-25-18-19-26-14-9-10-17-28(26)20-25)41-35(46)32(42-37(38)48)27-15-7-4-8-16-27/h3,5-6,9-10,12-14,17-20,27,29-30,32-33,44H,2,4,7-8,11,15-16,21-23,38H2,1H3,(H,39,47)(H,40,45)(H,41,46)(H,42,48)/t29?,30-,32-,33?/m0/s1. The van der Waals surface area contributed by atoms with E-state index in [-0.39, 0.29) is 31.2 Å². The maximum atomic E-state index is 13.9. The van der Waals surface area contributed by atoms with Gasteiger partial charge in [-0.2, -0.15) is 0 Å². The van der Waals surface area contributed by atoms with E-state index in [2.05, 4.69) is 21.3 Å². The summed E-state index contributed by atoms with van der Waals surface area (Å²) >= 11 is 0. The number of amides is 4. The second kappa shape index (κ2) is 18.7. The summed E-state index contributed by atoms with van der Waals surface area (Å²) in [5.74, 6) is -2.94. The zero-order valence-corrected chi connectivity index (χ0v) is 28.3. The van der Waals surface area contributed by atoms with Crippen molar-refractivity contribution in [3.05, 3.63) is 83.9 Å². The van der Waals surface area contributed by atoms with E-state index >= 15 is 0 Å². The molecular weight excluding hydrogens is 623 g/mol. The fourth-order valence-electron chi connectivity index (χ4n) is 6.30. The lowest BCUT2D eigenvalue weighted by atomic mass is 9.83. The van der Waals surface area contributed by atoms with E-state index in [1.807, 2.05) is 67.6 Å². The fraction of sp³-hybridized carbons (Fsp3) is 0.432. The third-order valence-corrected chi connectivity index (χ3v) is 8.88. The van der Waals surface area contributed by atoms with E-state index in [0.717, 1.165) is 54.0 Å².